The topological polar surface area (TPSA) is 42.9 Å². The fourth-order valence-corrected chi connectivity index (χ4v) is 2.43. The van der Waals surface area contributed by atoms with Gasteiger partial charge < -0.3 is 10.1 Å². The number of rotatable bonds is 8. The van der Waals surface area contributed by atoms with Crippen LogP contribution in [0.4, 0.5) is 0 Å². The molecule has 6 heteroatoms. The highest BCUT2D eigenvalue weighted by Gasteiger charge is 2.32. The van der Waals surface area contributed by atoms with Crippen molar-refractivity contribution in [3.63, 3.8) is 0 Å². The van der Waals surface area contributed by atoms with Crippen LogP contribution in [0.1, 0.15) is 36.0 Å². The first-order chi connectivity index (χ1) is 10.3. The van der Waals surface area contributed by atoms with Crippen molar-refractivity contribution in [1.29, 1.82) is 0 Å². The highest BCUT2D eigenvalue weighted by molar-refractivity contribution is 6.75. The van der Waals surface area contributed by atoms with Crippen LogP contribution in [-0.2, 0) is 16.1 Å². The molecule has 1 aromatic carbocycles. The highest BCUT2D eigenvalue weighted by atomic mass is 35.6. The van der Waals surface area contributed by atoms with Gasteiger partial charge in [-0.1, -0.05) is 64.1 Å². The van der Waals surface area contributed by atoms with Crippen LogP contribution in [0.5, 0.6) is 0 Å². The van der Waals surface area contributed by atoms with Gasteiger partial charge in [0, 0.05) is 5.56 Å². The molecular formula is C16H23Cl3NO2+. The Labute approximate surface area is 147 Å². The molecule has 0 saturated carbocycles. The van der Waals surface area contributed by atoms with Gasteiger partial charge in [-0.25, -0.2) is 4.79 Å². The van der Waals surface area contributed by atoms with Crippen LogP contribution in [0, 0.1) is 13.8 Å². The van der Waals surface area contributed by atoms with Crippen molar-refractivity contribution < 1.29 is 14.8 Å². The molecule has 0 aliphatic heterocycles. The molecule has 0 saturated heterocycles. The molecule has 0 radical (unpaired) electrons. The lowest BCUT2D eigenvalue weighted by atomic mass is 10.1. The molecule has 2 N–H and O–H groups in total. The summed E-state index contributed by atoms with van der Waals surface area (Å²) in [6.07, 6.45) is 2.83. The number of aryl methyl sites for hydroxylation is 2. The maximum atomic E-state index is 11.2. The number of benzene rings is 1. The van der Waals surface area contributed by atoms with E-state index in [-0.39, 0.29) is 0 Å². The number of unbranched alkanes of at least 4 members (excludes halogenated alkanes) is 2. The second-order valence-electron chi connectivity index (χ2n) is 5.47. The molecule has 124 valence electrons. The van der Waals surface area contributed by atoms with Crippen molar-refractivity contribution in [2.24, 2.45) is 0 Å². The molecule has 0 bridgehead atoms. The first-order valence-electron chi connectivity index (χ1n) is 7.42. The Bertz CT molecular complexity index is 467. The lowest BCUT2D eigenvalue weighted by Crippen LogP contribution is -2.82. The van der Waals surface area contributed by atoms with E-state index in [2.05, 4.69) is 37.4 Å². The van der Waals surface area contributed by atoms with Crippen LogP contribution in [0.15, 0.2) is 18.2 Å². The summed E-state index contributed by atoms with van der Waals surface area (Å²) in [7, 11) is 0. The van der Waals surface area contributed by atoms with E-state index in [0.717, 1.165) is 32.4 Å². The number of carbonyl (C=O) groups excluding carboxylic acids is 1. The standard InChI is InChI=1S/C16H22Cl3NO2/c1-12-8-13(2)10-14(9-12)11-20-6-4-3-5-7-22-15(21)16(17,18)19/h8-10,20H,3-7,11H2,1-2H3/p+1. The largest absolute Gasteiger partial charge is 0.463 e. The summed E-state index contributed by atoms with van der Waals surface area (Å²) < 4.78 is 2.89. The number of quaternary nitrogens is 1. The van der Waals surface area contributed by atoms with Gasteiger partial charge in [-0.05, 0) is 33.1 Å². The molecule has 0 heterocycles. The monoisotopic (exact) mass is 366 g/mol. The van der Waals surface area contributed by atoms with Crippen LogP contribution >= 0.6 is 34.8 Å². The van der Waals surface area contributed by atoms with Gasteiger partial charge in [0.05, 0.1) is 13.2 Å². The van der Waals surface area contributed by atoms with E-state index in [0.29, 0.717) is 6.61 Å². The Morgan fingerprint density at radius 2 is 1.73 bits per heavy atom. The average Bonchev–Trinajstić information content (AvgIpc) is 2.39. The molecule has 1 aromatic rings. The first kappa shape index (κ1) is 19.6. The minimum atomic E-state index is -1.97. The van der Waals surface area contributed by atoms with Crippen molar-refractivity contribution in [3.8, 4) is 0 Å². The molecule has 0 fully saturated rings. The van der Waals surface area contributed by atoms with E-state index < -0.39 is 9.76 Å². The fourth-order valence-electron chi connectivity index (χ4n) is 2.27. The quantitative estimate of drug-likeness (QED) is 0.434. The number of ether oxygens (including phenoxy) is 1. The normalized spacial score (nSPS) is 11.5. The van der Waals surface area contributed by atoms with Gasteiger partial charge in [0.1, 0.15) is 6.54 Å². The second-order valence-corrected chi connectivity index (χ2v) is 7.75. The van der Waals surface area contributed by atoms with E-state index in [9.17, 15) is 4.79 Å². The van der Waals surface area contributed by atoms with Crippen LogP contribution < -0.4 is 5.32 Å². The highest BCUT2D eigenvalue weighted by Crippen LogP contribution is 2.27. The van der Waals surface area contributed by atoms with Gasteiger partial charge in [-0.2, -0.15) is 0 Å². The summed E-state index contributed by atoms with van der Waals surface area (Å²) >= 11 is 16.2. The molecule has 0 aromatic heterocycles. The SMILES string of the molecule is Cc1cc(C)cc(C[NH2+]CCCCCOC(=O)C(Cl)(Cl)Cl)c1. The fraction of sp³-hybridized carbons (Fsp3) is 0.562. The van der Waals surface area contributed by atoms with Crippen molar-refractivity contribution in [2.45, 2.75) is 43.4 Å². The molecule has 0 aliphatic rings. The third-order valence-electron chi connectivity index (χ3n) is 3.18. The first-order valence-corrected chi connectivity index (χ1v) is 8.55. The Balaban J connectivity index is 2.05. The Morgan fingerprint density at radius 1 is 1.09 bits per heavy atom. The molecule has 0 atom stereocenters. The van der Waals surface area contributed by atoms with E-state index in [1.807, 2.05) is 0 Å². The molecule has 22 heavy (non-hydrogen) atoms. The van der Waals surface area contributed by atoms with Gasteiger partial charge in [0.15, 0.2) is 0 Å². The van der Waals surface area contributed by atoms with Crippen molar-refractivity contribution in [2.75, 3.05) is 13.2 Å². The van der Waals surface area contributed by atoms with Crippen molar-refractivity contribution in [1.82, 2.24) is 0 Å². The van der Waals surface area contributed by atoms with E-state index >= 15 is 0 Å². The van der Waals surface area contributed by atoms with E-state index in [1.54, 1.807) is 0 Å². The molecule has 0 amide bonds. The molecule has 0 unspecified atom stereocenters. The zero-order valence-electron chi connectivity index (χ0n) is 13.0. The third-order valence-corrected chi connectivity index (χ3v) is 3.64. The molecular weight excluding hydrogens is 345 g/mol. The minimum Gasteiger partial charge on any atom is -0.463 e. The van der Waals surface area contributed by atoms with Gasteiger partial charge in [0.2, 0.25) is 0 Å². The van der Waals surface area contributed by atoms with Gasteiger partial charge in [0.25, 0.3) is 3.79 Å². The second kappa shape index (κ2) is 9.61. The lowest BCUT2D eigenvalue weighted by molar-refractivity contribution is -0.671. The average molecular weight is 368 g/mol. The van der Waals surface area contributed by atoms with Crippen LogP contribution in [0.25, 0.3) is 0 Å². The number of carbonyl (C=O) groups is 1. The smallest absolute Gasteiger partial charge is 0.358 e. The Kier molecular flexibility index (Phi) is 8.55. The summed E-state index contributed by atoms with van der Waals surface area (Å²) in [6.45, 7) is 6.57. The molecule has 3 nitrogen and oxygen atoms in total. The van der Waals surface area contributed by atoms with Crippen LogP contribution in [0.3, 0.4) is 0 Å². The summed E-state index contributed by atoms with van der Waals surface area (Å²) in [5.74, 6) is -0.807. The maximum Gasteiger partial charge on any atom is 0.358 e. The van der Waals surface area contributed by atoms with E-state index in [4.69, 9.17) is 39.5 Å². The van der Waals surface area contributed by atoms with E-state index in [1.165, 1.54) is 16.7 Å². The molecule has 0 spiro atoms. The zero-order chi connectivity index (χ0) is 16.6. The number of alkyl halides is 3. The van der Waals surface area contributed by atoms with Crippen LogP contribution in [0.2, 0.25) is 0 Å². The van der Waals surface area contributed by atoms with Gasteiger partial charge in [-0.3, -0.25) is 0 Å². The predicted molar refractivity (Wildman–Crippen MR) is 91.5 cm³/mol. The molecule has 1 rings (SSSR count). The maximum absolute atomic E-state index is 11.2. The van der Waals surface area contributed by atoms with Gasteiger partial charge in [-0.15, -0.1) is 0 Å². The third kappa shape index (κ3) is 8.23. The summed E-state index contributed by atoms with van der Waals surface area (Å²) in [6, 6.07) is 6.63. The minimum absolute atomic E-state index is 0.295. The lowest BCUT2D eigenvalue weighted by Gasteiger charge is -2.10. The van der Waals surface area contributed by atoms with Crippen LogP contribution in [-0.4, -0.2) is 22.9 Å². The predicted octanol–water partition coefficient (Wildman–Crippen LogP) is 3.45. The Hall–Kier alpha value is -0.480. The number of hydrogen-bond acceptors (Lipinski definition) is 2. The van der Waals surface area contributed by atoms with Crippen molar-refractivity contribution >= 4 is 40.8 Å². The van der Waals surface area contributed by atoms with Crippen molar-refractivity contribution in [3.05, 3.63) is 34.9 Å². The number of nitrogens with two attached hydrogens (primary N) is 1. The summed E-state index contributed by atoms with van der Waals surface area (Å²) in [5.41, 5.74) is 3.97. The number of hydrogen-bond donors (Lipinski definition) is 1. The summed E-state index contributed by atoms with van der Waals surface area (Å²) in [4.78, 5) is 11.2. The zero-order valence-corrected chi connectivity index (χ0v) is 15.3. The molecule has 0 aliphatic carbocycles. The Morgan fingerprint density at radius 3 is 2.32 bits per heavy atom. The van der Waals surface area contributed by atoms with Gasteiger partial charge >= 0.3 is 5.97 Å². The summed E-state index contributed by atoms with van der Waals surface area (Å²) in [5, 5.41) is 2.29. The number of esters is 1. The number of halogens is 3.